The number of hydrogen-bond acceptors (Lipinski definition) is 3. The van der Waals surface area contributed by atoms with Crippen LogP contribution in [0.25, 0.3) is 11.0 Å². The van der Waals surface area contributed by atoms with E-state index in [1.165, 1.54) is 0 Å². The van der Waals surface area contributed by atoms with Crippen LogP contribution in [0.3, 0.4) is 0 Å². The predicted molar refractivity (Wildman–Crippen MR) is 51.0 cm³/mol. The summed E-state index contributed by atoms with van der Waals surface area (Å²) in [6.45, 7) is 1.87. The molecule has 0 amide bonds. The van der Waals surface area contributed by atoms with Gasteiger partial charge in [-0.2, -0.15) is 5.10 Å². The zero-order valence-corrected chi connectivity index (χ0v) is 8.32. The van der Waals surface area contributed by atoms with Gasteiger partial charge in [0.2, 0.25) is 0 Å². The Hall–Kier alpha value is -0.870. The molecular weight excluding hydrogens is 211 g/mol. The van der Waals surface area contributed by atoms with Crippen LogP contribution in [0, 0.1) is 6.92 Å². The third-order valence-corrected chi connectivity index (χ3v) is 2.20. The first-order valence-corrected chi connectivity index (χ1v) is 4.56. The van der Waals surface area contributed by atoms with Gasteiger partial charge in [-0.25, -0.2) is 9.97 Å². The van der Waals surface area contributed by atoms with Crippen molar-refractivity contribution in [2.75, 3.05) is 0 Å². The van der Waals surface area contributed by atoms with Crippen molar-refractivity contribution in [2.24, 2.45) is 0 Å². The number of alkyl halides is 1. The minimum atomic E-state index is 0.250. The van der Waals surface area contributed by atoms with Crippen molar-refractivity contribution >= 4 is 34.2 Å². The minimum Gasteiger partial charge on any atom is -0.280 e. The summed E-state index contributed by atoms with van der Waals surface area (Å²) >= 11 is 11.5. The molecule has 0 aliphatic rings. The van der Waals surface area contributed by atoms with Crippen molar-refractivity contribution in [3.05, 3.63) is 16.7 Å². The predicted octanol–water partition coefficient (Wildman–Crippen LogP) is 2.05. The number of rotatable bonds is 1. The monoisotopic (exact) mass is 216 g/mol. The molecule has 0 bridgehead atoms. The molecule has 2 aromatic rings. The third-order valence-electron chi connectivity index (χ3n) is 1.70. The van der Waals surface area contributed by atoms with Crippen LogP contribution in [0.1, 0.15) is 11.5 Å². The van der Waals surface area contributed by atoms with Crippen LogP contribution in [0.4, 0.5) is 0 Å². The maximum atomic E-state index is 5.86. The standard InChI is InChI=1S/C7H6Cl2N4/c1-3-5-6(13-12-3)7(9)11-4(2-8)10-5/h2H2,1H3,(H,12,13). The van der Waals surface area contributed by atoms with E-state index in [4.69, 9.17) is 23.2 Å². The summed E-state index contributed by atoms with van der Waals surface area (Å²) < 4.78 is 0. The molecule has 2 rings (SSSR count). The zero-order chi connectivity index (χ0) is 9.42. The molecule has 0 spiro atoms. The maximum Gasteiger partial charge on any atom is 0.160 e. The lowest BCUT2D eigenvalue weighted by atomic mass is 10.4. The summed E-state index contributed by atoms with van der Waals surface area (Å²) in [6, 6.07) is 0. The molecule has 13 heavy (non-hydrogen) atoms. The lowest BCUT2D eigenvalue weighted by Crippen LogP contribution is -1.92. The van der Waals surface area contributed by atoms with E-state index in [1.807, 2.05) is 6.92 Å². The van der Waals surface area contributed by atoms with E-state index in [-0.39, 0.29) is 5.88 Å². The Labute approximate surface area is 84.3 Å². The Balaban J connectivity index is 2.80. The Bertz CT molecular complexity index is 451. The van der Waals surface area contributed by atoms with Crippen LogP contribution in [0.5, 0.6) is 0 Å². The first-order valence-electron chi connectivity index (χ1n) is 3.65. The molecule has 4 nitrogen and oxygen atoms in total. The van der Waals surface area contributed by atoms with Gasteiger partial charge in [-0.15, -0.1) is 11.6 Å². The highest BCUT2D eigenvalue weighted by molar-refractivity contribution is 6.33. The molecule has 68 valence electrons. The minimum absolute atomic E-state index is 0.250. The highest BCUT2D eigenvalue weighted by atomic mass is 35.5. The van der Waals surface area contributed by atoms with E-state index >= 15 is 0 Å². The Kier molecular flexibility index (Phi) is 2.09. The molecule has 0 aromatic carbocycles. The van der Waals surface area contributed by atoms with E-state index in [9.17, 15) is 0 Å². The first-order chi connectivity index (χ1) is 6.22. The summed E-state index contributed by atoms with van der Waals surface area (Å²) in [4.78, 5) is 8.17. The number of aromatic amines is 1. The van der Waals surface area contributed by atoms with Crippen molar-refractivity contribution in [1.82, 2.24) is 20.2 Å². The van der Waals surface area contributed by atoms with Gasteiger partial charge in [0, 0.05) is 0 Å². The number of fused-ring (bicyclic) bond motifs is 1. The topological polar surface area (TPSA) is 54.5 Å². The molecule has 0 saturated heterocycles. The normalized spacial score (nSPS) is 11.0. The van der Waals surface area contributed by atoms with Gasteiger partial charge in [-0.1, -0.05) is 11.6 Å². The van der Waals surface area contributed by atoms with Gasteiger partial charge < -0.3 is 0 Å². The summed E-state index contributed by atoms with van der Waals surface area (Å²) in [7, 11) is 0. The van der Waals surface area contributed by atoms with Crippen molar-refractivity contribution in [1.29, 1.82) is 0 Å². The molecule has 0 radical (unpaired) electrons. The molecule has 0 atom stereocenters. The number of halogens is 2. The van der Waals surface area contributed by atoms with E-state index < -0.39 is 0 Å². The molecule has 0 unspecified atom stereocenters. The van der Waals surface area contributed by atoms with E-state index in [1.54, 1.807) is 0 Å². The summed E-state index contributed by atoms with van der Waals surface area (Å²) in [6.07, 6.45) is 0. The average Bonchev–Trinajstić information content (AvgIpc) is 2.48. The molecule has 6 heteroatoms. The Morgan fingerprint density at radius 2 is 2.08 bits per heavy atom. The fourth-order valence-electron chi connectivity index (χ4n) is 1.08. The highest BCUT2D eigenvalue weighted by Gasteiger charge is 2.09. The van der Waals surface area contributed by atoms with Crippen LogP contribution in [0.2, 0.25) is 5.15 Å². The van der Waals surface area contributed by atoms with Crippen molar-refractivity contribution in [2.45, 2.75) is 12.8 Å². The molecule has 2 aromatic heterocycles. The Morgan fingerprint density at radius 3 is 2.77 bits per heavy atom. The number of aryl methyl sites for hydroxylation is 1. The number of nitrogens with one attached hydrogen (secondary N) is 1. The van der Waals surface area contributed by atoms with Gasteiger partial charge in [-0.3, -0.25) is 5.10 Å². The Morgan fingerprint density at radius 1 is 1.31 bits per heavy atom. The van der Waals surface area contributed by atoms with Crippen LogP contribution < -0.4 is 0 Å². The number of hydrogen-bond donors (Lipinski definition) is 1. The zero-order valence-electron chi connectivity index (χ0n) is 6.80. The first kappa shape index (κ1) is 8.72. The van der Waals surface area contributed by atoms with Crippen molar-refractivity contribution < 1.29 is 0 Å². The lowest BCUT2D eigenvalue weighted by molar-refractivity contribution is 1.06. The molecule has 1 N–H and O–H groups in total. The maximum absolute atomic E-state index is 5.86. The van der Waals surface area contributed by atoms with Gasteiger partial charge in [0.1, 0.15) is 16.9 Å². The van der Waals surface area contributed by atoms with Gasteiger partial charge in [0.25, 0.3) is 0 Å². The molecule has 2 heterocycles. The van der Waals surface area contributed by atoms with Crippen LogP contribution in [0.15, 0.2) is 0 Å². The second-order valence-corrected chi connectivity index (χ2v) is 3.24. The van der Waals surface area contributed by atoms with Crippen LogP contribution in [-0.2, 0) is 5.88 Å². The molecule has 0 fully saturated rings. The van der Waals surface area contributed by atoms with E-state index in [0.717, 1.165) is 11.2 Å². The van der Waals surface area contributed by atoms with Crippen molar-refractivity contribution in [3.8, 4) is 0 Å². The smallest absolute Gasteiger partial charge is 0.160 e. The van der Waals surface area contributed by atoms with Gasteiger partial charge in [0.15, 0.2) is 5.15 Å². The van der Waals surface area contributed by atoms with Gasteiger partial charge in [-0.05, 0) is 6.92 Å². The second-order valence-electron chi connectivity index (χ2n) is 2.61. The van der Waals surface area contributed by atoms with E-state index in [0.29, 0.717) is 16.5 Å². The lowest BCUT2D eigenvalue weighted by Gasteiger charge is -1.95. The summed E-state index contributed by atoms with van der Waals surface area (Å²) in [5.74, 6) is 0.768. The second kappa shape index (κ2) is 3.12. The summed E-state index contributed by atoms with van der Waals surface area (Å²) in [5, 5.41) is 7.09. The molecular formula is C7H6Cl2N4. The quantitative estimate of drug-likeness (QED) is 0.587. The molecule has 0 aliphatic carbocycles. The SMILES string of the molecule is Cc1[nH]nc2c(Cl)nc(CCl)nc12. The summed E-state index contributed by atoms with van der Waals surface area (Å²) in [5.41, 5.74) is 2.19. The van der Waals surface area contributed by atoms with Crippen molar-refractivity contribution in [3.63, 3.8) is 0 Å². The highest BCUT2D eigenvalue weighted by Crippen LogP contribution is 2.20. The molecule has 0 aliphatic heterocycles. The van der Waals surface area contributed by atoms with E-state index in [2.05, 4.69) is 20.2 Å². The number of nitrogens with zero attached hydrogens (tertiary/aromatic N) is 3. The largest absolute Gasteiger partial charge is 0.280 e. The van der Waals surface area contributed by atoms with Gasteiger partial charge in [0.05, 0.1) is 11.6 Å². The van der Waals surface area contributed by atoms with Crippen LogP contribution in [-0.4, -0.2) is 20.2 Å². The van der Waals surface area contributed by atoms with Crippen LogP contribution >= 0.6 is 23.2 Å². The molecule has 0 saturated carbocycles. The number of aromatic nitrogens is 4. The van der Waals surface area contributed by atoms with Gasteiger partial charge >= 0.3 is 0 Å². The third kappa shape index (κ3) is 1.36. The number of H-pyrrole nitrogens is 1. The average molecular weight is 217 g/mol. The fourth-order valence-corrected chi connectivity index (χ4v) is 1.43. The fraction of sp³-hybridized carbons (Fsp3) is 0.286.